The SMILES string of the molecule is CCCS(=O)(=O)c1ccccc1CC(C)Br. The Labute approximate surface area is 106 Å². The van der Waals surface area contributed by atoms with Gasteiger partial charge in [0.2, 0.25) is 0 Å². The number of sulfone groups is 1. The van der Waals surface area contributed by atoms with E-state index < -0.39 is 9.84 Å². The fraction of sp³-hybridized carbons (Fsp3) is 0.500. The van der Waals surface area contributed by atoms with E-state index in [1.165, 1.54) is 0 Å². The summed E-state index contributed by atoms with van der Waals surface area (Å²) < 4.78 is 24.0. The van der Waals surface area contributed by atoms with Crippen LogP contribution in [0.4, 0.5) is 0 Å². The molecule has 0 aliphatic heterocycles. The van der Waals surface area contributed by atoms with Crippen molar-refractivity contribution in [3.63, 3.8) is 0 Å². The van der Waals surface area contributed by atoms with Gasteiger partial charge in [-0.2, -0.15) is 0 Å². The van der Waals surface area contributed by atoms with E-state index in [0.717, 1.165) is 12.0 Å². The van der Waals surface area contributed by atoms with E-state index in [4.69, 9.17) is 0 Å². The highest BCUT2D eigenvalue weighted by Crippen LogP contribution is 2.20. The molecule has 0 saturated carbocycles. The third kappa shape index (κ3) is 3.59. The Balaban J connectivity index is 3.13. The lowest BCUT2D eigenvalue weighted by Gasteiger charge is -2.10. The minimum Gasteiger partial charge on any atom is -0.224 e. The van der Waals surface area contributed by atoms with Gasteiger partial charge in [0.1, 0.15) is 0 Å². The topological polar surface area (TPSA) is 34.1 Å². The van der Waals surface area contributed by atoms with Gasteiger partial charge in [0.05, 0.1) is 10.6 Å². The molecule has 1 rings (SSSR count). The Morgan fingerprint density at radius 2 is 1.94 bits per heavy atom. The van der Waals surface area contributed by atoms with Gasteiger partial charge >= 0.3 is 0 Å². The van der Waals surface area contributed by atoms with E-state index in [9.17, 15) is 8.42 Å². The first kappa shape index (κ1) is 13.7. The van der Waals surface area contributed by atoms with E-state index in [1.54, 1.807) is 12.1 Å². The monoisotopic (exact) mass is 304 g/mol. The number of halogens is 1. The Morgan fingerprint density at radius 1 is 1.31 bits per heavy atom. The first-order chi connectivity index (χ1) is 7.47. The van der Waals surface area contributed by atoms with Crippen molar-refractivity contribution in [3.8, 4) is 0 Å². The van der Waals surface area contributed by atoms with Crippen LogP contribution < -0.4 is 0 Å². The van der Waals surface area contributed by atoms with Gasteiger partial charge < -0.3 is 0 Å². The van der Waals surface area contributed by atoms with Gasteiger partial charge in [-0.05, 0) is 24.5 Å². The molecule has 0 spiro atoms. The Morgan fingerprint density at radius 3 is 2.50 bits per heavy atom. The van der Waals surface area contributed by atoms with Crippen LogP contribution in [0, 0.1) is 0 Å². The van der Waals surface area contributed by atoms with Gasteiger partial charge in [-0.1, -0.05) is 48.0 Å². The van der Waals surface area contributed by atoms with Crippen molar-refractivity contribution in [1.29, 1.82) is 0 Å². The number of hydrogen-bond acceptors (Lipinski definition) is 2. The Bertz CT molecular complexity index is 438. The highest BCUT2D eigenvalue weighted by Gasteiger charge is 2.17. The number of rotatable bonds is 5. The highest BCUT2D eigenvalue weighted by atomic mass is 79.9. The molecular weight excluding hydrogens is 288 g/mol. The van der Waals surface area contributed by atoms with Crippen molar-refractivity contribution in [1.82, 2.24) is 0 Å². The summed E-state index contributed by atoms with van der Waals surface area (Å²) in [5.74, 6) is 0.223. The van der Waals surface area contributed by atoms with E-state index in [1.807, 2.05) is 26.0 Å². The molecule has 1 aromatic rings. The summed E-state index contributed by atoms with van der Waals surface area (Å²) in [7, 11) is -3.11. The van der Waals surface area contributed by atoms with Crippen LogP contribution in [0.1, 0.15) is 25.8 Å². The van der Waals surface area contributed by atoms with E-state index in [2.05, 4.69) is 15.9 Å². The zero-order chi connectivity index (χ0) is 12.2. The van der Waals surface area contributed by atoms with Gasteiger partial charge in [-0.3, -0.25) is 0 Å². The van der Waals surface area contributed by atoms with E-state index >= 15 is 0 Å². The molecule has 16 heavy (non-hydrogen) atoms. The van der Waals surface area contributed by atoms with Crippen LogP contribution in [0.15, 0.2) is 29.2 Å². The van der Waals surface area contributed by atoms with Crippen LogP contribution in [0.2, 0.25) is 0 Å². The minimum absolute atomic E-state index is 0.223. The zero-order valence-electron chi connectivity index (χ0n) is 9.61. The summed E-state index contributed by atoms with van der Waals surface area (Å²) in [6.45, 7) is 3.90. The lowest BCUT2D eigenvalue weighted by molar-refractivity contribution is 0.593. The maximum Gasteiger partial charge on any atom is 0.178 e. The van der Waals surface area contributed by atoms with Crippen LogP contribution >= 0.6 is 15.9 Å². The maximum atomic E-state index is 12.0. The van der Waals surface area contributed by atoms with Gasteiger partial charge in [0.15, 0.2) is 9.84 Å². The molecule has 1 unspecified atom stereocenters. The normalized spacial score (nSPS) is 13.7. The average molecular weight is 305 g/mol. The second kappa shape index (κ2) is 5.82. The first-order valence-corrected chi connectivity index (χ1v) is 7.99. The summed E-state index contributed by atoms with van der Waals surface area (Å²) in [4.78, 5) is 0.772. The van der Waals surface area contributed by atoms with Crippen molar-refractivity contribution < 1.29 is 8.42 Å². The summed E-state index contributed by atoms with van der Waals surface area (Å²) >= 11 is 3.46. The van der Waals surface area contributed by atoms with E-state index in [-0.39, 0.29) is 10.6 Å². The second-order valence-electron chi connectivity index (χ2n) is 3.91. The second-order valence-corrected chi connectivity index (χ2v) is 7.55. The van der Waals surface area contributed by atoms with Crippen molar-refractivity contribution in [2.75, 3.05) is 5.75 Å². The van der Waals surface area contributed by atoms with Crippen molar-refractivity contribution in [2.45, 2.75) is 36.4 Å². The molecule has 0 aliphatic carbocycles. The first-order valence-electron chi connectivity index (χ1n) is 5.42. The quantitative estimate of drug-likeness (QED) is 0.783. The molecule has 1 aromatic carbocycles. The molecule has 0 saturated heterocycles. The molecule has 4 heteroatoms. The fourth-order valence-corrected chi connectivity index (χ4v) is 3.60. The predicted molar refractivity (Wildman–Crippen MR) is 70.9 cm³/mol. The summed E-state index contributed by atoms with van der Waals surface area (Å²) in [5, 5.41) is 0. The molecule has 0 radical (unpaired) electrons. The lowest BCUT2D eigenvalue weighted by atomic mass is 10.1. The number of alkyl halides is 1. The van der Waals surface area contributed by atoms with Crippen molar-refractivity contribution in [3.05, 3.63) is 29.8 Å². The standard InChI is InChI=1S/C12H17BrO2S/c1-3-8-16(14,15)12-7-5-4-6-11(12)9-10(2)13/h4-7,10H,3,8-9H2,1-2H3. The summed E-state index contributed by atoms with van der Waals surface area (Å²) in [6, 6.07) is 7.26. The predicted octanol–water partition coefficient (Wildman–Crippen LogP) is 3.20. The maximum absolute atomic E-state index is 12.0. The fourth-order valence-electron chi connectivity index (χ4n) is 1.66. The summed E-state index contributed by atoms with van der Waals surface area (Å²) in [6.07, 6.45) is 1.39. The van der Waals surface area contributed by atoms with Crippen molar-refractivity contribution in [2.24, 2.45) is 0 Å². The largest absolute Gasteiger partial charge is 0.224 e. The molecule has 0 amide bonds. The van der Waals surface area contributed by atoms with Gasteiger partial charge in [0, 0.05) is 4.83 Å². The van der Waals surface area contributed by atoms with Gasteiger partial charge in [0.25, 0.3) is 0 Å². The lowest BCUT2D eigenvalue weighted by Crippen LogP contribution is -2.10. The smallest absolute Gasteiger partial charge is 0.178 e. The summed E-state index contributed by atoms with van der Waals surface area (Å²) in [5.41, 5.74) is 0.903. The third-order valence-electron chi connectivity index (χ3n) is 2.28. The molecule has 0 N–H and O–H groups in total. The van der Waals surface area contributed by atoms with Crippen molar-refractivity contribution >= 4 is 25.8 Å². The van der Waals surface area contributed by atoms with E-state index in [0.29, 0.717) is 11.3 Å². The number of benzene rings is 1. The van der Waals surface area contributed by atoms with Crippen LogP contribution in [0.25, 0.3) is 0 Å². The molecule has 0 aromatic heterocycles. The van der Waals surface area contributed by atoms with Gasteiger partial charge in [-0.25, -0.2) is 8.42 Å². The molecule has 0 heterocycles. The number of hydrogen-bond donors (Lipinski definition) is 0. The molecule has 0 aliphatic rings. The average Bonchev–Trinajstić information content (AvgIpc) is 2.17. The molecule has 2 nitrogen and oxygen atoms in total. The molecule has 90 valence electrons. The third-order valence-corrected chi connectivity index (χ3v) is 4.62. The van der Waals surface area contributed by atoms with Crippen LogP contribution in [0.3, 0.4) is 0 Å². The molecular formula is C12H17BrO2S. The molecule has 1 atom stereocenters. The zero-order valence-corrected chi connectivity index (χ0v) is 12.0. The van der Waals surface area contributed by atoms with Crippen LogP contribution in [0.5, 0.6) is 0 Å². The Hall–Kier alpha value is -0.350. The Kier molecular flexibility index (Phi) is 4.99. The minimum atomic E-state index is -3.11. The molecule has 0 fully saturated rings. The van der Waals surface area contributed by atoms with Gasteiger partial charge in [-0.15, -0.1) is 0 Å². The highest BCUT2D eigenvalue weighted by molar-refractivity contribution is 9.09. The molecule has 0 bridgehead atoms. The van der Waals surface area contributed by atoms with Crippen LogP contribution in [-0.4, -0.2) is 19.0 Å². The van der Waals surface area contributed by atoms with Crippen LogP contribution in [-0.2, 0) is 16.3 Å².